The molecule has 1 aromatic heterocycles. The second-order valence-corrected chi connectivity index (χ2v) is 6.49. The average Bonchev–Trinajstić information content (AvgIpc) is 2.99. The Hall–Kier alpha value is -2.24. The predicted molar refractivity (Wildman–Crippen MR) is 89.0 cm³/mol. The van der Waals surface area contributed by atoms with Gasteiger partial charge in [-0.1, -0.05) is 44.1 Å². The number of carbonyl (C=O) groups excluding carboxylic acids is 1. The summed E-state index contributed by atoms with van der Waals surface area (Å²) in [5, 5.41) is 6.71. The molecule has 0 unspecified atom stereocenters. The Bertz CT molecular complexity index is 682. The molecule has 0 fully saturated rings. The van der Waals surface area contributed by atoms with Gasteiger partial charge in [-0.3, -0.25) is 4.79 Å². The van der Waals surface area contributed by atoms with Gasteiger partial charge >= 0.3 is 0 Å². The van der Waals surface area contributed by atoms with Gasteiger partial charge in [-0.15, -0.1) is 0 Å². The van der Waals surface area contributed by atoms with Gasteiger partial charge < -0.3 is 9.84 Å². The molecule has 130 valence electrons. The molecule has 0 aliphatic heterocycles. The highest BCUT2D eigenvalue weighted by Gasteiger charge is 2.24. The summed E-state index contributed by atoms with van der Waals surface area (Å²) in [5.41, 5.74) is 0.103. The molecule has 0 saturated heterocycles. The lowest BCUT2D eigenvalue weighted by Crippen LogP contribution is -2.37. The zero-order valence-corrected chi connectivity index (χ0v) is 14.4. The number of carbonyl (C=O) groups is 1. The van der Waals surface area contributed by atoms with Crippen LogP contribution in [0.1, 0.15) is 50.9 Å². The van der Waals surface area contributed by atoms with Gasteiger partial charge in [0.1, 0.15) is 5.82 Å². The molecule has 0 bridgehead atoms. The highest BCUT2D eigenvalue weighted by atomic mass is 19.1. The summed E-state index contributed by atoms with van der Waals surface area (Å²) < 4.78 is 19.0. The lowest BCUT2D eigenvalue weighted by Gasteiger charge is -2.26. The zero-order valence-electron chi connectivity index (χ0n) is 14.4. The number of nitrogens with zero attached hydrogens (tertiary/aromatic N) is 2. The molecule has 0 atom stereocenters. The van der Waals surface area contributed by atoms with Crippen LogP contribution in [0.4, 0.5) is 4.39 Å². The molecule has 0 spiro atoms. The average molecular weight is 333 g/mol. The minimum absolute atomic E-state index is 0.116. The third-order valence-corrected chi connectivity index (χ3v) is 3.88. The Kier molecular flexibility index (Phi) is 6.06. The molecule has 0 radical (unpaired) electrons. The molecule has 0 aliphatic rings. The Balaban J connectivity index is 1.83. The van der Waals surface area contributed by atoms with Gasteiger partial charge in [0.15, 0.2) is 5.82 Å². The van der Waals surface area contributed by atoms with E-state index in [4.69, 9.17) is 4.52 Å². The van der Waals surface area contributed by atoms with Gasteiger partial charge in [0.05, 0.1) is 0 Å². The third-order valence-electron chi connectivity index (χ3n) is 3.88. The van der Waals surface area contributed by atoms with Crippen molar-refractivity contribution < 1.29 is 13.7 Å². The van der Waals surface area contributed by atoms with Gasteiger partial charge in [0.25, 0.3) is 0 Å². The largest absolute Gasteiger partial charge is 0.355 e. The van der Waals surface area contributed by atoms with E-state index in [2.05, 4.69) is 15.5 Å². The van der Waals surface area contributed by atoms with E-state index < -0.39 is 5.41 Å². The minimum Gasteiger partial charge on any atom is -0.355 e. The van der Waals surface area contributed by atoms with E-state index in [0.717, 1.165) is 12.8 Å². The van der Waals surface area contributed by atoms with Crippen LogP contribution in [-0.4, -0.2) is 22.6 Å². The monoisotopic (exact) mass is 333 g/mol. The van der Waals surface area contributed by atoms with Crippen molar-refractivity contribution in [2.24, 2.45) is 0 Å². The van der Waals surface area contributed by atoms with Crippen LogP contribution in [0.3, 0.4) is 0 Å². The first kappa shape index (κ1) is 18.1. The summed E-state index contributed by atoms with van der Waals surface area (Å²) in [4.78, 5) is 16.2. The lowest BCUT2D eigenvalue weighted by atomic mass is 9.84. The molecule has 2 aromatic rings. The number of rotatable bonds is 8. The molecular formula is C18H24FN3O2. The quantitative estimate of drug-likeness (QED) is 0.805. The molecule has 5 nitrogen and oxygen atoms in total. The maximum Gasteiger partial charge on any atom is 0.227 e. The summed E-state index contributed by atoms with van der Waals surface area (Å²) in [6, 6.07) is 6.63. The van der Waals surface area contributed by atoms with Gasteiger partial charge in [-0.25, -0.2) is 4.39 Å². The zero-order chi connectivity index (χ0) is 17.6. The van der Waals surface area contributed by atoms with Crippen molar-refractivity contribution in [2.75, 3.05) is 6.54 Å². The summed E-state index contributed by atoms with van der Waals surface area (Å²) in [6.45, 7) is 6.21. The highest BCUT2D eigenvalue weighted by molar-refractivity contribution is 5.76. The highest BCUT2D eigenvalue weighted by Crippen LogP contribution is 2.24. The van der Waals surface area contributed by atoms with E-state index in [-0.39, 0.29) is 18.1 Å². The first-order chi connectivity index (χ1) is 11.4. The van der Waals surface area contributed by atoms with Crippen molar-refractivity contribution in [3.05, 3.63) is 47.4 Å². The van der Waals surface area contributed by atoms with Crippen LogP contribution in [-0.2, 0) is 23.1 Å². The first-order valence-corrected chi connectivity index (χ1v) is 8.25. The first-order valence-electron chi connectivity index (χ1n) is 8.25. The Labute approximate surface area is 141 Å². The number of benzene rings is 1. The normalized spacial score (nSPS) is 11.5. The van der Waals surface area contributed by atoms with E-state index in [1.807, 2.05) is 20.8 Å². The van der Waals surface area contributed by atoms with Crippen molar-refractivity contribution >= 4 is 5.91 Å². The van der Waals surface area contributed by atoms with E-state index in [1.54, 1.807) is 18.2 Å². The van der Waals surface area contributed by atoms with Crippen LogP contribution in [0.5, 0.6) is 0 Å². The number of halogens is 1. The fourth-order valence-electron chi connectivity index (χ4n) is 2.45. The van der Waals surface area contributed by atoms with E-state index in [1.165, 1.54) is 6.07 Å². The fourth-order valence-corrected chi connectivity index (χ4v) is 2.45. The molecule has 6 heteroatoms. The van der Waals surface area contributed by atoms with Crippen LogP contribution in [0, 0.1) is 5.82 Å². The number of hydrogen-bond acceptors (Lipinski definition) is 4. The second kappa shape index (κ2) is 8.04. The minimum atomic E-state index is -0.486. The standard InChI is InChI=1S/C18H24FN3O2/c1-4-7-15-21-17(24-22-15)11-10-16(23)20-12-18(2,3)13-8-5-6-9-14(13)19/h5-6,8-9H,4,7,10-12H2,1-3H3,(H,20,23). The SMILES string of the molecule is CCCc1noc(CCC(=O)NCC(C)(C)c2ccccc2F)n1. The van der Waals surface area contributed by atoms with E-state index in [9.17, 15) is 9.18 Å². The van der Waals surface area contributed by atoms with Crippen LogP contribution in [0.15, 0.2) is 28.8 Å². The predicted octanol–water partition coefficient (Wildman–Crippen LogP) is 3.19. The van der Waals surface area contributed by atoms with Crippen LogP contribution in [0.25, 0.3) is 0 Å². The van der Waals surface area contributed by atoms with Gasteiger partial charge in [0, 0.05) is 31.2 Å². The maximum atomic E-state index is 13.9. The van der Waals surface area contributed by atoms with Crippen LogP contribution >= 0.6 is 0 Å². The molecule has 0 saturated carbocycles. The number of aromatic nitrogens is 2. The Morgan fingerprint density at radius 3 is 2.75 bits per heavy atom. The lowest BCUT2D eigenvalue weighted by molar-refractivity contribution is -0.121. The van der Waals surface area contributed by atoms with Gasteiger partial charge in [-0.05, 0) is 18.1 Å². The van der Waals surface area contributed by atoms with Crippen molar-refractivity contribution in [2.45, 2.75) is 51.9 Å². The molecule has 0 aliphatic carbocycles. The Morgan fingerprint density at radius 1 is 1.29 bits per heavy atom. The Morgan fingerprint density at radius 2 is 2.04 bits per heavy atom. The molecule has 1 N–H and O–H groups in total. The summed E-state index contributed by atoms with van der Waals surface area (Å²) >= 11 is 0. The van der Waals surface area contributed by atoms with Crippen molar-refractivity contribution in [3.63, 3.8) is 0 Å². The summed E-state index contributed by atoms with van der Waals surface area (Å²) in [7, 11) is 0. The number of aryl methyl sites for hydroxylation is 2. The number of amides is 1. The number of nitrogens with one attached hydrogen (secondary N) is 1. The van der Waals surface area contributed by atoms with Gasteiger partial charge in [0.2, 0.25) is 11.8 Å². The summed E-state index contributed by atoms with van der Waals surface area (Å²) in [5.74, 6) is 0.774. The van der Waals surface area contributed by atoms with Crippen LogP contribution < -0.4 is 5.32 Å². The summed E-state index contributed by atoms with van der Waals surface area (Å²) in [6.07, 6.45) is 2.39. The molecule has 2 rings (SSSR count). The molecular weight excluding hydrogens is 309 g/mol. The van der Waals surface area contributed by atoms with Crippen molar-refractivity contribution in [1.29, 1.82) is 0 Å². The topological polar surface area (TPSA) is 68.0 Å². The number of hydrogen-bond donors (Lipinski definition) is 1. The third kappa shape index (κ3) is 4.88. The van der Waals surface area contributed by atoms with Crippen molar-refractivity contribution in [3.8, 4) is 0 Å². The van der Waals surface area contributed by atoms with Crippen molar-refractivity contribution in [1.82, 2.24) is 15.5 Å². The van der Waals surface area contributed by atoms with Crippen LogP contribution in [0.2, 0.25) is 0 Å². The fraction of sp³-hybridized carbons (Fsp3) is 0.500. The molecule has 1 amide bonds. The molecule has 1 aromatic carbocycles. The van der Waals surface area contributed by atoms with E-state index in [0.29, 0.717) is 30.2 Å². The second-order valence-electron chi connectivity index (χ2n) is 6.49. The molecule has 24 heavy (non-hydrogen) atoms. The van der Waals surface area contributed by atoms with Gasteiger partial charge in [-0.2, -0.15) is 4.98 Å². The molecule has 1 heterocycles. The van der Waals surface area contributed by atoms with E-state index >= 15 is 0 Å². The smallest absolute Gasteiger partial charge is 0.227 e. The maximum absolute atomic E-state index is 13.9.